The molecule has 19 heavy (non-hydrogen) atoms. The standard InChI is InChI=1S/C13H11FN2O3/c1-6-2-3-7(4-10(6)14)11-15-12(19-16-11)8-5-9(8)13(17)18/h2-4,8-9H,5H2,1H3,(H,17,18). The van der Waals surface area contributed by atoms with Gasteiger partial charge in [-0.05, 0) is 25.0 Å². The van der Waals surface area contributed by atoms with Gasteiger partial charge in [0.15, 0.2) is 0 Å². The molecule has 0 radical (unpaired) electrons. The molecule has 3 rings (SSSR count). The molecule has 1 fully saturated rings. The molecule has 2 atom stereocenters. The topological polar surface area (TPSA) is 76.2 Å². The molecule has 1 aliphatic rings. The Morgan fingerprint density at radius 1 is 1.53 bits per heavy atom. The van der Waals surface area contributed by atoms with Crippen molar-refractivity contribution < 1.29 is 18.8 Å². The van der Waals surface area contributed by atoms with Crippen LogP contribution in [0.15, 0.2) is 22.7 Å². The molecule has 0 aliphatic heterocycles. The predicted molar refractivity (Wildman–Crippen MR) is 62.9 cm³/mol. The van der Waals surface area contributed by atoms with E-state index in [0.717, 1.165) is 0 Å². The van der Waals surface area contributed by atoms with Gasteiger partial charge in [-0.25, -0.2) is 4.39 Å². The van der Waals surface area contributed by atoms with E-state index < -0.39 is 11.9 Å². The van der Waals surface area contributed by atoms with Crippen LogP contribution in [0.5, 0.6) is 0 Å². The van der Waals surface area contributed by atoms with E-state index in [1.54, 1.807) is 19.1 Å². The summed E-state index contributed by atoms with van der Waals surface area (Å²) in [6.07, 6.45) is 0.513. The van der Waals surface area contributed by atoms with Crippen molar-refractivity contribution in [1.82, 2.24) is 10.1 Å². The zero-order chi connectivity index (χ0) is 13.6. The molecule has 0 saturated heterocycles. The fourth-order valence-electron chi connectivity index (χ4n) is 1.98. The smallest absolute Gasteiger partial charge is 0.307 e. The summed E-state index contributed by atoms with van der Waals surface area (Å²) < 4.78 is 18.5. The van der Waals surface area contributed by atoms with Gasteiger partial charge in [0.2, 0.25) is 11.7 Å². The summed E-state index contributed by atoms with van der Waals surface area (Å²) in [5, 5.41) is 12.6. The summed E-state index contributed by atoms with van der Waals surface area (Å²) in [4.78, 5) is 14.9. The molecular weight excluding hydrogens is 251 g/mol. The molecule has 98 valence electrons. The molecular formula is C13H11FN2O3. The second-order valence-corrected chi connectivity index (χ2v) is 4.71. The lowest BCUT2D eigenvalue weighted by atomic mass is 10.1. The van der Waals surface area contributed by atoms with Crippen molar-refractivity contribution in [3.05, 3.63) is 35.5 Å². The highest BCUT2D eigenvalue weighted by atomic mass is 19.1. The lowest BCUT2D eigenvalue weighted by Crippen LogP contribution is -1.98. The number of nitrogens with zero attached hydrogens (tertiary/aromatic N) is 2. The first-order valence-electron chi connectivity index (χ1n) is 5.89. The summed E-state index contributed by atoms with van der Waals surface area (Å²) >= 11 is 0. The number of hydrogen-bond donors (Lipinski definition) is 1. The number of rotatable bonds is 3. The largest absolute Gasteiger partial charge is 0.481 e. The number of carboxylic acids is 1. The molecule has 1 aromatic heterocycles. The van der Waals surface area contributed by atoms with Gasteiger partial charge in [-0.1, -0.05) is 17.3 Å². The molecule has 2 unspecified atom stereocenters. The minimum Gasteiger partial charge on any atom is -0.481 e. The van der Waals surface area contributed by atoms with Crippen LogP contribution in [0.1, 0.15) is 23.8 Å². The highest BCUT2D eigenvalue weighted by molar-refractivity contribution is 5.74. The molecule has 0 spiro atoms. The van der Waals surface area contributed by atoms with Crippen LogP contribution in [-0.2, 0) is 4.79 Å². The normalized spacial score (nSPS) is 21.4. The monoisotopic (exact) mass is 262 g/mol. The van der Waals surface area contributed by atoms with Gasteiger partial charge in [0.25, 0.3) is 0 Å². The fourth-order valence-corrected chi connectivity index (χ4v) is 1.98. The number of carboxylic acid groups (broad SMARTS) is 1. The van der Waals surface area contributed by atoms with Gasteiger partial charge in [0.1, 0.15) is 5.82 Å². The summed E-state index contributed by atoms with van der Waals surface area (Å²) in [6.45, 7) is 1.67. The third-order valence-electron chi connectivity index (χ3n) is 3.30. The SMILES string of the molecule is Cc1ccc(-c2noc(C3CC3C(=O)O)n2)cc1F. The summed E-state index contributed by atoms with van der Waals surface area (Å²) in [6, 6.07) is 4.68. The number of hydrogen-bond acceptors (Lipinski definition) is 4. The van der Waals surface area contributed by atoms with Crippen molar-refractivity contribution in [2.24, 2.45) is 5.92 Å². The average molecular weight is 262 g/mol. The van der Waals surface area contributed by atoms with Crippen molar-refractivity contribution in [1.29, 1.82) is 0 Å². The van der Waals surface area contributed by atoms with E-state index in [2.05, 4.69) is 10.1 Å². The third-order valence-corrected chi connectivity index (χ3v) is 3.30. The van der Waals surface area contributed by atoms with E-state index in [1.807, 2.05) is 0 Å². The van der Waals surface area contributed by atoms with Crippen molar-refractivity contribution >= 4 is 5.97 Å². The van der Waals surface area contributed by atoms with Crippen LogP contribution in [0.25, 0.3) is 11.4 Å². The second-order valence-electron chi connectivity index (χ2n) is 4.71. The number of halogens is 1. The van der Waals surface area contributed by atoms with Gasteiger partial charge in [-0.15, -0.1) is 0 Å². The molecule has 1 aromatic carbocycles. The van der Waals surface area contributed by atoms with E-state index in [-0.39, 0.29) is 17.6 Å². The zero-order valence-corrected chi connectivity index (χ0v) is 10.1. The highest BCUT2D eigenvalue weighted by Crippen LogP contribution is 2.47. The van der Waals surface area contributed by atoms with Gasteiger partial charge in [-0.2, -0.15) is 4.98 Å². The number of aryl methyl sites for hydroxylation is 1. The van der Waals surface area contributed by atoms with Crippen molar-refractivity contribution in [2.45, 2.75) is 19.3 Å². The Hall–Kier alpha value is -2.24. The van der Waals surface area contributed by atoms with Crippen LogP contribution < -0.4 is 0 Å². The minimum absolute atomic E-state index is 0.214. The second kappa shape index (κ2) is 4.15. The first-order valence-corrected chi connectivity index (χ1v) is 5.89. The quantitative estimate of drug-likeness (QED) is 0.918. The maximum atomic E-state index is 13.4. The molecule has 1 heterocycles. The molecule has 0 bridgehead atoms. The molecule has 1 aliphatic carbocycles. The maximum Gasteiger partial charge on any atom is 0.307 e. The van der Waals surface area contributed by atoms with Crippen LogP contribution in [-0.4, -0.2) is 21.2 Å². The fraction of sp³-hybridized carbons (Fsp3) is 0.308. The first kappa shape index (κ1) is 11.8. The van der Waals surface area contributed by atoms with Crippen LogP contribution >= 0.6 is 0 Å². The Morgan fingerprint density at radius 2 is 2.32 bits per heavy atom. The first-order chi connectivity index (χ1) is 9.06. The van der Waals surface area contributed by atoms with E-state index in [9.17, 15) is 9.18 Å². The summed E-state index contributed by atoms with van der Waals surface area (Å²) in [5.74, 6) is -1.25. The number of aromatic nitrogens is 2. The van der Waals surface area contributed by atoms with Crippen molar-refractivity contribution in [3.63, 3.8) is 0 Å². The summed E-state index contributed by atoms with van der Waals surface area (Å²) in [5.41, 5.74) is 1.06. The van der Waals surface area contributed by atoms with Gasteiger partial charge in [0.05, 0.1) is 11.8 Å². The minimum atomic E-state index is -0.855. The Balaban J connectivity index is 1.85. The van der Waals surface area contributed by atoms with E-state index >= 15 is 0 Å². The van der Waals surface area contributed by atoms with Crippen LogP contribution in [0.2, 0.25) is 0 Å². The Kier molecular flexibility index (Phi) is 2.58. The van der Waals surface area contributed by atoms with Gasteiger partial charge < -0.3 is 9.63 Å². The third kappa shape index (κ3) is 2.09. The molecule has 0 amide bonds. The van der Waals surface area contributed by atoms with Crippen LogP contribution in [0, 0.1) is 18.7 Å². The van der Waals surface area contributed by atoms with Crippen molar-refractivity contribution in [2.75, 3.05) is 0 Å². The van der Waals surface area contributed by atoms with E-state index in [4.69, 9.17) is 9.63 Å². The molecule has 1 saturated carbocycles. The Labute approximate surface area is 108 Å². The predicted octanol–water partition coefficient (Wildman–Crippen LogP) is 2.37. The number of benzene rings is 1. The molecule has 6 heteroatoms. The Bertz CT molecular complexity index is 653. The molecule has 5 nitrogen and oxygen atoms in total. The van der Waals surface area contributed by atoms with Crippen LogP contribution in [0.3, 0.4) is 0 Å². The molecule has 2 aromatic rings. The lowest BCUT2D eigenvalue weighted by Gasteiger charge is -1.97. The zero-order valence-electron chi connectivity index (χ0n) is 10.1. The highest BCUT2D eigenvalue weighted by Gasteiger charge is 2.48. The molecule has 1 N–H and O–H groups in total. The maximum absolute atomic E-state index is 13.4. The van der Waals surface area contributed by atoms with Gasteiger partial charge in [0, 0.05) is 5.56 Å². The number of aliphatic carboxylic acids is 1. The van der Waals surface area contributed by atoms with E-state index in [0.29, 0.717) is 23.4 Å². The van der Waals surface area contributed by atoms with E-state index in [1.165, 1.54) is 6.07 Å². The van der Waals surface area contributed by atoms with Gasteiger partial charge in [-0.3, -0.25) is 4.79 Å². The lowest BCUT2D eigenvalue weighted by molar-refractivity contribution is -0.138. The Morgan fingerprint density at radius 3 is 2.95 bits per heavy atom. The average Bonchev–Trinajstić information content (AvgIpc) is 3.04. The van der Waals surface area contributed by atoms with Gasteiger partial charge >= 0.3 is 5.97 Å². The van der Waals surface area contributed by atoms with Crippen molar-refractivity contribution in [3.8, 4) is 11.4 Å². The van der Waals surface area contributed by atoms with Crippen LogP contribution in [0.4, 0.5) is 4.39 Å². The summed E-state index contributed by atoms with van der Waals surface area (Å²) in [7, 11) is 0. The number of carbonyl (C=O) groups is 1.